The fraction of sp³-hybridized carbons (Fsp3) is 0.400. The van der Waals surface area contributed by atoms with E-state index in [1.165, 1.54) is 0 Å². The molecule has 1 fully saturated rings. The highest BCUT2D eigenvalue weighted by Gasteiger charge is 2.31. The third kappa shape index (κ3) is 1.99. The minimum absolute atomic E-state index is 0.374. The molecule has 1 aliphatic heterocycles. The Labute approximate surface area is 77.6 Å². The van der Waals surface area contributed by atoms with E-state index in [-0.39, 0.29) is 5.72 Å². The van der Waals surface area contributed by atoms with Gasteiger partial charge in [-0.25, -0.2) is 9.78 Å². The van der Waals surface area contributed by atoms with Crippen LogP contribution in [0.2, 0.25) is 0 Å². The van der Waals surface area contributed by atoms with Gasteiger partial charge in [0.25, 0.3) is 0 Å². The molecule has 70 valence electrons. The molecule has 0 aliphatic carbocycles. The summed E-state index contributed by atoms with van der Waals surface area (Å²) in [7, 11) is 0. The number of hydrogen-bond acceptors (Lipinski definition) is 3. The van der Waals surface area contributed by atoms with Gasteiger partial charge >= 0.3 is 0 Å². The summed E-state index contributed by atoms with van der Waals surface area (Å²) in [5.41, 5.74) is 0.678. The second kappa shape index (κ2) is 3.36. The molecule has 13 heavy (non-hydrogen) atoms. The Balaban J connectivity index is 2.05. The topological polar surface area (TPSA) is 30.5 Å². The molecule has 1 N–H and O–H groups in total. The van der Waals surface area contributed by atoms with Crippen LogP contribution >= 0.6 is 0 Å². The Bertz CT molecular complexity index is 268. The van der Waals surface area contributed by atoms with Crippen LogP contribution in [-0.4, -0.2) is 12.3 Å². The normalized spacial score (nSPS) is 27.5. The molecule has 1 atom stereocenters. The Morgan fingerprint density at radius 1 is 1.31 bits per heavy atom. The molecule has 1 aromatic rings. The van der Waals surface area contributed by atoms with Crippen LogP contribution < -0.4 is 5.32 Å². The maximum absolute atomic E-state index is 5.13. The van der Waals surface area contributed by atoms with E-state index in [0.717, 1.165) is 12.1 Å². The Morgan fingerprint density at radius 2 is 2.08 bits per heavy atom. The minimum Gasteiger partial charge on any atom is -0.355 e. The summed E-state index contributed by atoms with van der Waals surface area (Å²) < 4.78 is 0. The van der Waals surface area contributed by atoms with Crippen molar-refractivity contribution in [2.45, 2.75) is 19.1 Å². The van der Waals surface area contributed by atoms with Gasteiger partial charge in [-0.1, -0.05) is 18.2 Å². The molecule has 0 bridgehead atoms. The summed E-state index contributed by atoms with van der Waals surface area (Å²) in [6.07, 6.45) is 0.863. The lowest BCUT2D eigenvalue weighted by Crippen LogP contribution is -2.33. The quantitative estimate of drug-likeness (QED) is 0.706. The van der Waals surface area contributed by atoms with Gasteiger partial charge in [-0.05, 0) is 19.1 Å². The van der Waals surface area contributed by atoms with E-state index >= 15 is 0 Å². The van der Waals surface area contributed by atoms with Gasteiger partial charge in [-0.15, -0.1) is 0 Å². The van der Waals surface area contributed by atoms with Crippen molar-refractivity contribution in [2.75, 3.05) is 11.9 Å². The monoisotopic (exact) mass is 179 g/mol. The molecular formula is C10H13NO2. The number of rotatable bonds is 2. The lowest BCUT2D eigenvalue weighted by molar-refractivity contribution is -0.297. The number of anilines is 1. The molecule has 0 radical (unpaired) electrons. The van der Waals surface area contributed by atoms with Crippen molar-refractivity contribution in [3.63, 3.8) is 0 Å². The maximum atomic E-state index is 5.13. The van der Waals surface area contributed by atoms with Gasteiger partial charge in [-0.2, -0.15) is 0 Å². The number of para-hydroxylation sites is 1. The van der Waals surface area contributed by atoms with Gasteiger partial charge in [0, 0.05) is 12.1 Å². The third-order valence-corrected chi connectivity index (χ3v) is 2.09. The van der Waals surface area contributed by atoms with Gasteiger partial charge in [-0.3, -0.25) is 0 Å². The average Bonchev–Trinajstić information content (AvgIpc) is 2.54. The highest BCUT2D eigenvalue weighted by molar-refractivity contribution is 5.44. The summed E-state index contributed by atoms with van der Waals surface area (Å²) in [4.78, 5) is 10.0. The van der Waals surface area contributed by atoms with Crippen LogP contribution in [0.1, 0.15) is 13.3 Å². The maximum Gasteiger partial charge on any atom is 0.172 e. The first kappa shape index (κ1) is 8.53. The second-order valence-electron chi connectivity index (χ2n) is 3.38. The van der Waals surface area contributed by atoms with Crippen molar-refractivity contribution in [3.05, 3.63) is 30.3 Å². The zero-order valence-corrected chi connectivity index (χ0v) is 7.62. The zero-order valence-electron chi connectivity index (χ0n) is 7.62. The van der Waals surface area contributed by atoms with Crippen LogP contribution in [-0.2, 0) is 9.78 Å². The van der Waals surface area contributed by atoms with Crippen LogP contribution in [0.4, 0.5) is 5.69 Å². The van der Waals surface area contributed by atoms with E-state index in [1.807, 2.05) is 37.3 Å². The Hall–Kier alpha value is -1.06. The van der Waals surface area contributed by atoms with Crippen LogP contribution in [0.3, 0.4) is 0 Å². The molecule has 0 aromatic heterocycles. The van der Waals surface area contributed by atoms with Gasteiger partial charge in [0.05, 0.1) is 6.61 Å². The fourth-order valence-corrected chi connectivity index (χ4v) is 1.36. The van der Waals surface area contributed by atoms with Gasteiger partial charge in [0.2, 0.25) is 0 Å². The molecule has 1 aliphatic rings. The van der Waals surface area contributed by atoms with E-state index in [2.05, 4.69) is 5.32 Å². The van der Waals surface area contributed by atoms with E-state index in [4.69, 9.17) is 9.78 Å². The second-order valence-corrected chi connectivity index (χ2v) is 3.38. The first-order valence-electron chi connectivity index (χ1n) is 4.42. The Morgan fingerprint density at radius 3 is 2.69 bits per heavy atom. The van der Waals surface area contributed by atoms with E-state index in [9.17, 15) is 0 Å². The van der Waals surface area contributed by atoms with Crippen molar-refractivity contribution in [1.29, 1.82) is 0 Å². The molecule has 0 spiro atoms. The summed E-state index contributed by atoms with van der Waals surface area (Å²) in [5, 5.41) is 3.27. The highest BCUT2D eigenvalue weighted by atomic mass is 17.2. The molecule has 0 saturated carbocycles. The van der Waals surface area contributed by atoms with Gasteiger partial charge < -0.3 is 5.32 Å². The van der Waals surface area contributed by atoms with Crippen molar-refractivity contribution in [2.24, 2.45) is 0 Å². The smallest absolute Gasteiger partial charge is 0.172 e. The average molecular weight is 179 g/mol. The predicted molar refractivity (Wildman–Crippen MR) is 50.1 cm³/mol. The van der Waals surface area contributed by atoms with Crippen molar-refractivity contribution in [1.82, 2.24) is 0 Å². The lowest BCUT2D eigenvalue weighted by Gasteiger charge is -2.22. The zero-order chi connectivity index (χ0) is 9.15. The van der Waals surface area contributed by atoms with E-state index < -0.39 is 0 Å². The van der Waals surface area contributed by atoms with Gasteiger partial charge in [0.1, 0.15) is 0 Å². The number of hydrogen-bond donors (Lipinski definition) is 1. The molecule has 1 unspecified atom stereocenters. The third-order valence-electron chi connectivity index (χ3n) is 2.09. The summed E-state index contributed by atoms with van der Waals surface area (Å²) in [6.45, 7) is 2.63. The van der Waals surface area contributed by atoms with Gasteiger partial charge in [0.15, 0.2) is 5.72 Å². The summed E-state index contributed by atoms with van der Waals surface area (Å²) in [5.74, 6) is 0. The molecule has 0 amide bonds. The van der Waals surface area contributed by atoms with E-state index in [1.54, 1.807) is 0 Å². The van der Waals surface area contributed by atoms with Crippen LogP contribution in [0.25, 0.3) is 0 Å². The van der Waals surface area contributed by atoms with Crippen LogP contribution in [0.5, 0.6) is 0 Å². The van der Waals surface area contributed by atoms with E-state index in [0.29, 0.717) is 6.61 Å². The first-order valence-corrected chi connectivity index (χ1v) is 4.42. The molecule has 2 rings (SSSR count). The SMILES string of the molecule is CC1(Nc2ccccc2)CCOO1. The predicted octanol–water partition coefficient (Wildman–Crippen LogP) is 2.17. The minimum atomic E-state index is -0.374. The fourth-order valence-electron chi connectivity index (χ4n) is 1.36. The molecule has 3 heteroatoms. The first-order chi connectivity index (χ1) is 6.29. The number of nitrogens with one attached hydrogen (secondary N) is 1. The standard InChI is InChI=1S/C10H13NO2/c1-10(7-8-12-13-10)11-9-5-3-2-4-6-9/h2-6,11H,7-8H2,1H3. The van der Waals surface area contributed by atoms with Crippen LogP contribution in [0.15, 0.2) is 30.3 Å². The van der Waals surface area contributed by atoms with Crippen molar-refractivity contribution >= 4 is 5.69 Å². The Kier molecular flexibility index (Phi) is 2.20. The van der Waals surface area contributed by atoms with Crippen molar-refractivity contribution in [3.8, 4) is 0 Å². The largest absolute Gasteiger partial charge is 0.355 e. The molecule has 3 nitrogen and oxygen atoms in total. The number of benzene rings is 1. The van der Waals surface area contributed by atoms with Crippen LogP contribution in [0, 0.1) is 0 Å². The summed E-state index contributed by atoms with van der Waals surface area (Å²) in [6, 6.07) is 9.97. The van der Waals surface area contributed by atoms with Crippen molar-refractivity contribution < 1.29 is 9.78 Å². The molecule has 1 heterocycles. The highest BCUT2D eigenvalue weighted by Crippen LogP contribution is 2.24. The summed E-state index contributed by atoms with van der Waals surface area (Å²) >= 11 is 0. The molecular weight excluding hydrogens is 166 g/mol. The molecule has 1 aromatic carbocycles. The lowest BCUT2D eigenvalue weighted by atomic mass is 10.2. The molecule has 1 saturated heterocycles.